The van der Waals surface area contributed by atoms with Crippen LogP contribution < -0.4 is 4.90 Å². The van der Waals surface area contributed by atoms with Gasteiger partial charge in [-0.2, -0.15) is 0 Å². The van der Waals surface area contributed by atoms with E-state index in [-0.39, 0.29) is 16.5 Å². The molecule has 0 radical (unpaired) electrons. The molecule has 1 heterocycles. The third-order valence-corrected chi connectivity index (χ3v) is 6.43. The molecule has 6 nitrogen and oxygen atoms in total. The van der Waals surface area contributed by atoms with E-state index in [0.29, 0.717) is 18.8 Å². The summed E-state index contributed by atoms with van der Waals surface area (Å²) in [5, 5.41) is 11.8. The maximum Gasteiger partial charge on any atom is 0.311 e. The summed E-state index contributed by atoms with van der Waals surface area (Å²) in [7, 11) is -3.73. The number of nitro benzene ring substituents is 1. The van der Waals surface area contributed by atoms with Gasteiger partial charge in [0.25, 0.3) is 0 Å². The van der Waals surface area contributed by atoms with Crippen molar-refractivity contribution in [2.75, 3.05) is 17.7 Å². The third-order valence-electron chi connectivity index (χ3n) is 5.30. The van der Waals surface area contributed by atoms with E-state index in [0.717, 1.165) is 17.4 Å². The van der Waals surface area contributed by atoms with Crippen molar-refractivity contribution >= 4 is 21.2 Å². The van der Waals surface area contributed by atoms with Crippen LogP contribution in [-0.4, -0.2) is 26.1 Å². The van der Waals surface area contributed by atoms with Gasteiger partial charge in [-0.3, -0.25) is 10.1 Å². The lowest BCUT2D eigenvalue weighted by Gasteiger charge is -2.36. The molecule has 0 amide bonds. The third kappa shape index (κ3) is 3.61. The monoisotopic (exact) mass is 408 g/mol. The quantitative estimate of drug-likeness (QED) is 0.479. The minimum Gasteiger partial charge on any atom is -0.361 e. The van der Waals surface area contributed by atoms with Gasteiger partial charge in [0.05, 0.1) is 4.92 Å². The summed E-state index contributed by atoms with van der Waals surface area (Å²) < 4.78 is 24.3. The van der Waals surface area contributed by atoms with Crippen molar-refractivity contribution in [3.05, 3.63) is 99.6 Å². The fourth-order valence-corrected chi connectivity index (χ4v) is 4.87. The van der Waals surface area contributed by atoms with E-state index < -0.39 is 14.8 Å². The first-order valence-electron chi connectivity index (χ1n) is 9.21. The minimum absolute atomic E-state index is 0.0302. The zero-order valence-electron chi connectivity index (χ0n) is 15.9. The van der Waals surface area contributed by atoms with Gasteiger partial charge in [-0.15, -0.1) is 0 Å². The van der Waals surface area contributed by atoms with Crippen LogP contribution in [0.5, 0.6) is 0 Å². The van der Waals surface area contributed by atoms with Crippen LogP contribution in [0.4, 0.5) is 11.4 Å². The zero-order valence-corrected chi connectivity index (χ0v) is 16.7. The van der Waals surface area contributed by atoms with Gasteiger partial charge in [0.15, 0.2) is 9.84 Å². The zero-order chi connectivity index (χ0) is 20.6. The van der Waals surface area contributed by atoms with Crippen LogP contribution in [0.2, 0.25) is 0 Å². The van der Waals surface area contributed by atoms with Crippen LogP contribution in [-0.2, 0) is 16.4 Å². The highest BCUT2D eigenvalue weighted by atomic mass is 32.2. The van der Waals surface area contributed by atoms with E-state index in [1.54, 1.807) is 12.1 Å². The molecule has 0 saturated heterocycles. The Balaban J connectivity index is 1.87. The molecule has 148 valence electrons. The molecule has 1 aliphatic heterocycles. The van der Waals surface area contributed by atoms with Crippen LogP contribution >= 0.6 is 0 Å². The normalized spacial score (nSPS) is 16.3. The van der Waals surface area contributed by atoms with Gasteiger partial charge in [0, 0.05) is 25.3 Å². The molecule has 0 spiro atoms. The molecule has 0 bridgehead atoms. The Morgan fingerprint density at radius 1 is 0.966 bits per heavy atom. The maximum atomic E-state index is 12.2. The molecule has 1 aliphatic rings. The van der Waals surface area contributed by atoms with Crippen LogP contribution in [0.25, 0.3) is 0 Å². The van der Waals surface area contributed by atoms with E-state index in [2.05, 4.69) is 6.07 Å². The van der Waals surface area contributed by atoms with Crippen LogP contribution in [0.1, 0.15) is 22.6 Å². The van der Waals surface area contributed by atoms with E-state index in [1.807, 2.05) is 53.4 Å². The highest BCUT2D eigenvalue weighted by molar-refractivity contribution is 7.90. The summed E-state index contributed by atoms with van der Waals surface area (Å²) in [6.45, 7) is 1.00. The molecule has 3 aromatic rings. The smallest absolute Gasteiger partial charge is 0.311 e. The average Bonchev–Trinajstić information content (AvgIpc) is 2.72. The minimum atomic E-state index is -3.73. The van der Waals surface area contributed by atoms with Gasteiger partial charge in [0.1, 0.15) is 10.6 Å². The number of anilines is 1. The van der Waals surface area contributed by atoms with E-state index in [9.17, 15) is 18.5 Å². The molecule has 0 aliphatic carbocycles. The second kappa shape index (κ2) is 7.33. The van der Waals surface area contributed by atoms with Crippen molar-refractivity contribution in [3.8, 4) is 0 Å². The summed E-state index contributed by atoms with van der Waals surface area (Å²) in [6, 6.07) is 22.5. The Hall–Kier alpha value is -3.19. The average molecular weight is 408 g/mol. The Morgan fingerprint density at radius 3 is 2.34 bits per heavy atom. The van der Waals surface area contributed by atoms with E-state index in [1.165, 1.54) is 11.6 Å². The summed E-state index contributed by atoms with van der Waals surface area (Å²) in [5.41, 5.74) is 3.35. The number of hydrogen-bond donors (Lipinski definition) is 0. The number of para-hydroxylation sites is 1. The number of hydrogen-bond acceptors (Lipinski definition) is 5. The second-order valence-corrected chi connectivity index (χ2v) is 9.18. The molecule has 29 heavy (non-hydrogen) atoms. The van der Waals surface area contributed by atoms with Crippen molar-refractivity contribution in [1.29, 1.82) is 0 Å². The van der Waals surface area contributed by atoms with Gasteiger partial charge in [-0.25, -0.2) is 8.42 Å². The first kappa shape index (κ1) is 19.1. The number of fused-ring (bicyclic) bond motifs is 1. The number of sulfone groups is 1. The molecule has 0 aromatic heterocycles. The largest absolute Gasteiger partial charge is 0.361 e. The number of rotatable bonds is 4. The first-order valence-corrected chi connectivity index (χ1v) is 11.1. The standard InChI is InChI=1S/C22H20N2O4S/c1-29(27,28)21-13-7-12-20(22(21)24(25)26)23-14-17-10-5-6-11-18(17)19(15-23)16-8-3-2-4-9-16/h2-13,19H,14-15H2,1H3. The topological polar surface area (TPSA) is 80.5 Å². The summed E-state index contributed by atoms with van der Waals surface area (Å²) >= 11 is 0. The molecule has 0 fully saturated rings. The van der Waals surface area contributed by atoms with Crippen molar-refractivity contribution in [2.45, 2.75) is 17.4 Å². The predicted molar refractivity (Wildman–Crippen MR) is 112 cm³/mol. The van der Waals surface area contributed by atoms with Crippen molar-refractivity contribution in [2.24, 2.45) is 0 Å². The second-order valence-electron chi connectivity index (χ2n) is 7.20. The first-order chi connectivity index (χ1) is 13.9. The molecule has 4 rings (SSSR count). The molecule has 1 unspecified atom stereocenters. The van der Waals surface area contributed by atoms with Crippen molar-refractivity contribution in [3.63, 3.8) is 0 Å². The Bertz CT molecular complexity index is 1180. The molecule has 3 aromatic carbocycles. The van der Waals surface area contributed by atoms with Gasteiger partial charge >= 0.3 is 5.69 Å². The predicted octanol–water partition coefficient (Wildman–Crippen LogP) is 4.15. The van der Waals surface area contributed by atoms with E-state index >= 15 is 0 Å². The highest BCUT2D eigenvalue weighted by Gasteiger charge is 2.33. The van der Waals surface area contributed by atoms with Gasteiger partial charge < -0.3 is 4.90 Å². The SMILES string of the molecule is CS(=O)(=O)c1cccc(N2Cc3ccccc3C(c3ccccc3)C2)c1[N+](=O)[O-]. The van der Waals surface area contributed by atoms with E-state index in [4.69, 9.17) is 0 Å². The fourth-order valence-electron chi connectivity index (χ4n) is 4.01. The number of benzene rings is 3. The summed E-state index contributed by atoms with van der Waals surface area (Å²) in [4.78, 5) is 12.9. The molecule has 0 saturated carbocycles. The van der Waals surface area contributed by atoms with Crippen LogP contribution in [0, 0.1) is 10.1 Å². The van der Waals surface area contributed by atoms with Crippen LogP contribution in [0.15, 0.2) is 77.7 Å². The summed E-state index contributed by atoms with van der Waals surface area (Å²) in [5.74, 6) is 0.0302. The molecule has 7 heteroatoms. The lowest BCUT2D eigenvalue weighted by atomic mass is 9.84. The van der Waals surface area contributed by atoms with Crippen LogP contribution in [0.3, 0.4) is 0 Å². The Labute approximate surface area is 169 Å². The lowest BCUT2D eigenvalue weighted by molar-refractivity contribution is -0.387. The Morgan fingerprint density at radius 2 is 1.66 bits per heavy atom. The molecule has 0 N–H and O–H groups in total. The highest BCUT2D eigenvalue weighted by Crippen LogP contribution is 2.40. The van der Waals surface area contributed by atoms with Gasteiger partial charge in [0.2, 0.25) is 0 Å². The van der Waals surface area contributed by atoms with Gasteiger partial charge in [-0.1, -0.05) is 60.7 Å². The van der Waals surface area contributed by atoms with Gasteiger partial charge in [-0.05, 0) is 28.8 Å². The molecular formula is C22H20N2O4S. The fraction of sp³-hybridized carbons (Fsp3) is 0.182. The maximum absolute atomic E-state index is 12.2. The van der Waals surface area contributed by atoms with Crippen molar-refractivity contribution in [1.82, 2.24) is 0 Å². The summed E-state index contributed by atoms with van der Waals surface area (Å²) in [6.07, 6.45) is 0.997. The molecule has 1 atom stereocenters. The molecular weight excluding hydrogens is 388 g/mol. The Kier molecular flexibility index (Phi) is 4.84. The lowest BCUT2D eigenvalue weighted by Crippen LogP contribution is -2.34. The number of nitrogens with zero attached hydrogens (tertiary/aromatic N) is 2. The number of nitro groups is 1. The van der Waals surface area contributed by atoms with Crippen molar-refractivity contribution < 1.29 is 13.3 Å².